The van der Waals surface area contributed by atoms with Crippen LogP contribution in [0, 0.1) is 0 Å². The van der Waals surface area contributed by atoms with E-state index in [4.69, 9.17) is 5.73 Å². The first kappa shape index (κ1) is 14.4. The van der Waals surface area contributed by atoms with Crippen molar-refractivity contribution in [1.29, 1.82) is 0 Å². The van der Waals surface area contributed by atoms with E-state index in [1.165, 1.54) is 11.8 Å². The van der Waals surface area contributed by atoms with Gasteiger partial charge in [-0.15, -0.1) is 11.8 Å². The highest BCUT2D eigenvalue weighted by molar-refractivity contribution is 8.00. The van der Waals surface area contributed by atoms with Gasteiger partial charge in [-0.25, -0.2) is 4.68 Å². The number of thioether (sulfide) groups is 1. The minimum atomic E-state index is -0.0892. The molecule has 3 N–H and O–H groups in total. The topological polar surface area (TPSA) is 85.8 Å². The molecule has 2 aromatic rings. The van der Waals surface area contributed by atoms with Crippen LogP contribution in [0.25, 0.3) is 0 Å². The summed E-state index contributed by atoms with van der Waals surface area (Å²) in [6.45, 7) is 4.02. The van der Waals surface area contributed by atoms with Crippen LogP contribution in [0.4, 0.5) is 11.5 Å². The van der Waals surface area contributed by atoms with Gasteiger partial charge in [0.25, 0.3) is 0 Å². The number of amides is 1. The number of anilines is 2. The SMILES string of the molecule is CC(C)n1nccc1NC(=O)CSc1ccncc1N. The van der Waals surface area contributed by atoms with Crippen molar-refractivity contribution in [3.05, 3.63) is 30.7 Å². The molecule has 0 aliphatic rings. The largest absolute Gasteiger partial charge is 0.397 e. The van der Waals surface area contributed by atoms with Crippen molar-refractivity contribution in [2.45, 2.75) is 24.8 Å². The molecule has 0 fully saturated rings. The van der Waals surface area contributed by atoms with E-state index in [0.717, 1.165) is 4.90 Å². The van der Waals surface area contributed by atoms with Gasteiger partial charge in [0.15, 0.2) is 0 Å². The zero-order valence-electron chi connectivity index (χ0n) is 11.4. The monoisotopic (exact) mass is 291 g/mol. The molecule has 6 nitrogen and oxygen atoms in total. The van der Waals surface area contributed by atoms with Gasteiger partial charge in [0.1, 0.15) is 5.82 Å². The molecule has 20 heavy (non-hydrogen) atoms. The Bertz CT molecular complexity index is 596. The van der Waals surface area contributed by atoms with Crippen LogP contribution in [0.3, 0.4) is 0 Å². The Labute approximate surface area is 121 Å². The standard InChI is InChI=1S/C13H17N5OS/c1-9(2)18-12(4-6-16-18)17-13(19)8-20-11-3-5-15-7-10(11)14/h3-7,9H,8,14H2,1-2H3,(H,17,19). The summed E-state index contributed by atoms with van der Waals surface area (Å²) in [4.78, 5) is 16.7. The molecule has 106 valence electrons. The number of nitrogens with two attached hydrogens (primary N) is 1. The van der Waals surface area contributed by atoms with Gasteiger partial charge in [-0.05, 0) is 19.9 Å². The predicted molar refractivity (Wildman–Crippen MR) is 80.6 cm³/mol. The highest BCUT2D eigenvalue weighted by Crippen LogP contribution is 2.23. The lowest BCUT2D eigenvalue weighted by Crippen LogP contribution is -2.18. The molecule has 0 bridgehead atoms. The van der Waals surface area contributed by atoms with Gasteiger partial charge in [-0.3, -0.25) is 9.78 Å². The Morgan fingerprint density at radius 2 is 2.25 bits per heavy atom. The average molecular weight is 291 g/mol. The number of hydrogen-bond donors (Lipinski definition) is 2. The molecule has 2 rings (SSSR count). The summed E-state index contributed by atoms with van der Waals surface area (Å²) in [7, 11) is 0. The predicted octanol–water partition coefficient (Wildman–Crippen LogP) is 2.17. The van der Waals surface area contributed by atoms with E-state index < -0.39 is 0 Å². The van der Waals surface area contributed by atoms with Crippen LogP contribution >= 0.6 is 11.8 Å². The second-order valence-electron chi connectivity index (χ2n) is 4.51. The number of carbonyl (C=O) groups excluding carboxylic acids is 1. The number of pyridine rings is 1. The van der Waals surface area contributed by atoms with Crippen LogP contribution < -0.4 is 11.1 Å². The summed E-state index contributed by atoms with van der Waals surface area (Å²) in [5.74, 6) is 0.902. The molecule has 0 unspecified atom stereocenters. The third kappa shape index (κ3) is 3.51. The molecule has 1 amide bonds. The van der Waals surface area contributed by atoms with Crippen molar-refractivity contribution in [1.82, 2.24) is 14.8 Å². The zero-order chi connectivity index (χ0) is 14.5. The van der Waals surface area contributed by atoms with Crippen LogP contribution in [0.15, 0.2) is 35.6 Å². The smallest absolute Gasteiger partial charge is 0.235 e. The van der Waals surface area contributed by atoms with Crippen molar-refractivity contribution in [2.75, 3.05) is 16.8 Å². The van der Waals surface area contributed by atoms with E-state index in [-0.39, 0.29) is 17.7 Å². The highest BCUT2D eigenvalue weighted by Gasteiger charge is 2.10. The molecule has 0 aliphatic carbocycles. The van der Waals surface area contributed by atoms with Gasteiger partial charge in [-0.2, -0.15) is 5.10 Å². The fraction of sp³-hybridized carbons (Fsp3) is 0.308. The Morgan fingerprint density at radius 3 is 2.95 bits per heavy atom. The van der Waals surface area contributed by atoms with Crippen LogP contribution in [0.5, 0.6) is 0 Å². The minimum absolute atomic E-state index is 0.0892. The van der Waals surface area contributed by atoms with E-state index in [2.05, 4.69) is 15.4 Å². The number of carbonyl (C=O) groups is 1. The summed E-state index contributed by atoms with van der Waals surface area (Å²) in [5, 5.41) is 7.01. The molecular formula is C13H17N5OS. The first-order valence-electron chi connectivity index (χ1n) is 6.23. The maximum atomic E-state index is 11.9. The Morgan fingerprint density at radius 1 is 1.45 bits per heavy atom. The van der Waals surface area contributed by atoms with Crippen molar-refractivity contribution in [2.24, 2.45) is 0 Å². The molecule has 0 radical (unpaired) electrons. The molecular weight excluding hydrogens is 274 g/mol. The Balaban J connectivity index is 1.93. The maximum absolute atomic E-state index is 11.9. The number of nitrogens with one attached hydrogen (secondary N) is 1. The van der Waals surface area contributed by atoms with Gasteiger partial charge >= 0.3 is 0 Å². The third-order valence-electron chi connectivity index (χ3n) is 2.60. The second-order valence-corrected chi connectivity index (χ2v) is 5.52. The first-order valence-corrected chi connectivity index (χ1v) is 7.22. The van der Waals surface area contributed by atoms with Gasteiger partial charge in [-0.1, -0.05) is 0 Å². The number of hydrogen-bond acceptors (Lipinski definition) is 5. The van der Waals surface area contributed by atoms with Crippen LogP contribution in [0.2, 0.25) is 0 Å². The number of nitrogens with zero attached hydrogens (tertiary/aromatic N) is 3. The molecule has 0 aliphatic heterocycles. The highest BCUT2D eigenvalue weighted by atomic mass is 32.2. The van der Waals surface area contributed by atoms with E-state index in [0.29, 0.717) is 11.5 Å². The minimum Gasteiger partial charge on any atom is -0.397 e. The van der Waals surface area contributed by atoms with Gasteiger partial charge in [0.2, 0.25) is 5.91 Å². The average Bonchev–Trinajstić information content (AvgIpc) is 2.86. The van der Waals surface area contributed by atoms with Crippen LogP contribution in [-0.4, -0.2) is 26.4 Å². The molecule has 2 aromatic heterocycles. The summed E-state index contributed by atoms with van der Waals surface area (Å²) >= 11 is 1.38. The number of rotatable bonds is 5. The number of nitrogen functional groups attached to an aromatic ring is 1. The fourth-order valence-electron chi connectivity index (χ4n) is 1.67. The van der Waals surface area contributed by atoms with E-state index in [1.807, 2.05) is 13.8 Å². The zero-order valence-corrected chi connectivity index (χ0v) is 12.2. The molecule has 0 saturated carbocycles. The summed E-state index contributed by atoms with van der Waals surface area (Å²) in [5.41, 5.74) is 6.36. The van der Waals surface area contributed by atoms with Crippen molar-refractivity contribution in [3.63, 3.8) is 0 Å². The maximum Gasteiger partial charge on any atom is 0.235 e. The van der Waals surface area contributed by atoms with Crippen LogP contribution in [-0.2, 0) is 4.79 Å². The van der Waals surface area contributed by atoms with Crippen molar-refractivity contribution in [3.8, 4) is 0 Å². The van der Waals surface area contributed by atoms with Gasteiger partial charge in [0.05, 0.1) is 23.8 Å². The van der Waals surface area contributed by atoms with E-state index in [1.54, 1.807) is 35.4 Å². The molecule has 0 atom stereocenters. The first-order chi connectivity index (χ1) is 9.58. The van der Waals surface area contributed by atoms with Gasteiger partial charge in [0, 0.05) is 23.2 Å². The van der Waals surface area contributed by atoms with Crippen molar-refractivity contribution >= 4 is 29.2 Å². The lowest BCUT2D eigenvalue weighted by Gasteiger charge is -2.11. The molecule has 0 aromatic carbocycles. The Kier molecular flexibility index (Phi) is 4.62. The molecule has 0 spiro atoms. The van der Waals surface area contributed by atoms with E-state index in [9.17, 15) is 4.79 Å². The molecule has 0 saturated heterocycles. The summed E-state index contributed by atoms with van der Waals surface area (Å²) < 4.78 is 1.77. The quantitative estimate of drug-likeness (QED) is 0.825. The molecule has 7 heteroatoms. The normalized spacial score (nSPS) is 10.8. The van der Waals surface area contributed by atoms with Crippen LogP contribution in [0.1, 0.15) is 19.9 Å². The van der Waals surface area contributed by atoms with E-state index >= 15 is 0 Å². The lowest BCUT2D eigenvalue weighted by atomic mass is 10.4. The molecule has 2 heterocycles. The van der Waals surface area contributed by atoms with Gasteiger partial charge < -0.3 is 11.1 Å². The Hall–Kier alpha value is -2.02. The number of aromatic nitrogens is 3. The fourth-order valence-corrected chi connectivity index (χ4v) is 2.41. The summed E-state index contributed by atoms with van der Waals surface area (Å²) in [6.07, 6.45) is 4.90. The second kappa shape index (κ2) is 6.42. The lowest BCUT2D eigenvalue weighted by molar-refractivity contribution is -0.113. The summed E-state index contributed by atoms with van der Waals surface area (Å²) in [6, 6.07) is 3.78. The third-order valence-corrected chi connectivity index (χ3v) is 3.69. The van der Waals surface area contributed by atoms with Crippen molar-refractivity contribution < 1.29 is 4.79 Å².